The quantitative estimate of drug-likeness (QED) is 0.670. The summed E-state index contributed by atoms with van der Waals surface area (Å²) in [4.78, 5) is 32.9. The number of benzodiazepines with no additional fused rings is 1. The molecular weight excluding hydrogens is 402 g/mol. The zero-order valence-corrected chi connectivity index (χ0v) is 18.7. The van der Waals surface area contributed by atoms with E-state index in [-0.39, 0.29) is 11.9 Å². The fraction of sp³-hybridized carbons (Fsp3) is 0.400. The van der Waals surface area contributed by atoms with Crippen LogP contribution in [0.15, 0.2) is 53.5 Å². The van der Waals surface area contributed by atoms with E-state index in [4.69, 9.17) is 4.99 Å². The first-order valence-electron chi connectivity index (χ1n) is 11.4. The Hall–Kier alpha value is -3.19. The fourth-order valence-corrected chi connectivity index (χ4v) is 4.38. The van der Waals surface area contributed by atoms with Gasteiger partial charge in [0.2, 0.25) is 6.17 Å². The summed E-state index contributed by atoms with van der Waals surface area (Å²) in [6, 6.07) is 15.1. The van der Waals surface area contributed by atoms with Crippen LogP contribution in [0, 0.1) is 6.92 Å². The molecular formula is C25H31N5O2. The molecule has 1 fully saturated rings. The van der Waals surface area contributed by atoms with Crippen molar-refractivity contribution in [2.45, 2.75) is 51.7 Å². The lowest BCUT2D eigenvalue weighted by molar-refractivity contribution is -0.120. The van der Waals surface area contributed by atoms with Gasteiger partial charge in [0, 0.05) is 23.8 Å². The second kappa shape index (κ2) is 9.96. The van der Waals surface area contributed by atoms with Crippen LogP contribution in [0.1, 0.15) is 43.7 Å². The number of hydrogen-bond donors (Lipinski definition) is 3. The maximum atomic E-state index is 13.5. The SMILES string of the molecule is CCCN1C(=O)[C@H](NC(=O)Nc2cccc(C)c2)N=C([C@H]2CCCCN2)c2ccccc21. The average molecular weight is 434 g/mol. The zero-order valence-electron chi connectivity index (χ0n) is 18.7. The average Bonchev–Trinajstić information content (AvgIpc) is 2.90. The zero-order chi connectivity index (χ0) is 22.5. The van der Waals surface area contributed by atoms with E-state index < -0.39 is 12.2 Å². The molecule has 0 spiro atoms. The number of aryl methyl sites for hydroxylation is 1. The highest BCUT2D eigenvalue weighted by Crippen LogP contribution is 2.28. The first kappa shape index (κ1) is 22.0. The number of piperidine rings is 1. The number of carbonyl (C=O) groups is 2. The molecule has 2 atom stereocenters. The highest BCUT2D eigenvalue weighted by Gasteiger charge is 2.34. The Labute approximate surface area is 189 Å². The van der Waals surface area contributed by atoms with E-state index in [0.29, 0.717) is 12.2 Å². The number of nitrogens with one attached hydrogen (secondary N) is 3. The van der Waals surface area contributed by atoms with Gasteiger partial charge in [-0.3, -0.25) is 9.79 Å². The molecule has 2 aliphatic rings. The van der Waals surface area contributed by atoms with Gasteiger partial charge in [0.15, 0.2) is 0 Å². The van der Waals surface area contributed by atoms with Crippen molar-refractivity contribution in [2.75, 3.05) is 23.3 Å². The van der Waals surface area contributed by atoms with Gasteiger partial charge in [-0.15, -0.1) is 0 Å². The largest absolute Gasteiger partial charge is 0.321 e. The smallest absolute Gasteiger partial charge is 0.309 e. The first-order chi connectivity index (χ1) is 15.6. The molecule has 168 valence electrons. The minimum absolute atomic E-state index is 0.0587. The van der Waals surface area contributed by atoms with Gasteiger partial charge in [0.05, 0.1) is 11.4 Å². The predicted molar refractivity (Wildman–Crippen MR) is 128 cm³/mol. The number of urea groups is 1. The van der Waals surface area contributed by atoms with Crippen molar-refractivity contribution in [3.05, 3.63) is 59.7 Å². The number of nitrogens with zero attached hydrogens (tertiary/aromatic N) is 2. The molecule has 0 aromatic heterocycles. The summed E-state index contributed by atoms with van der Waals surface area (Å²) in [5.41, 5.74) is 4.37. The highest BCUT2D eigenvalue weighted by atomic mass is 16.2. The van der Waals surface area contributed by atoms with Gasteiger partial charge in [-0.25, -0.2) is 4.79 Å². The second-order valence-electron chi connectivity index (χ2n) is 8.39. The molecule has 0 bridgehead atoms. The van der Waals surface area contributed by atoms with Crippen LogP contribution in [0.2, 0.25) is 0 Å². The van der Waals surface area contributed by atoms with E-state index in [2.05, 4.69) is 16.0 Å². The van der Waals surface area contributed by atoms with E-state index in [0.717, 1.165) is 54.8 Å². The van der Waals surface area contributed by atoms with Crippen LogP contribution >= 0.6 is 0 Å². The minimum atomic E-state index is -0.988. The number of rotatable bonds is 5. The lowest BCUT2D eigenvalue weighted by Crippen LogP contribution is -2.49. The van der Waals surface area contributed by atoms with Crippen LogP contribution in [0.25, 0.3) is 0 Å². The maximum Gasteiger partial charge on any atom is 0.321 e. The highest BCUT2D eigenvalue weighted by molar-refractivity contribution is 6.15. The summed E-state index contributed by atoms with van der Waals surface area (Å²) in [7, 11) is 0. The molecule has 0 aliphatic carbocycles. The number of carbonyl (C=O) groups excluding carboxylic acids is 2. The lowest BCUT2D eigenvalue weighted by atomic mass is 9.94. The summed E-state index contributed by atoms with van der Waals surface area (Å²) in [6.45, 7) is 5.49. The van der Waals surface area contributed by atoms with Crippen molar-refractivity contribution in [3.63, 3.8) is 0 Å². The number of aliphatic imine (C=N–C) groups is 1. The number of hydrogen-bond acceptors (Lipinski definition) is 4. The van der Waals surface area contributed by atoms with Crippen molar-refractivity contribution in [1.29, 1.82) is 0 Å². The topological polar surface area (TPSA) is 85.8 Å². The molecule has 2 aromatic carbocycles. The molecule has 3 amide bonds. The third-order valence-electron chi connectivity index (χ3n) is 5.87. The normalized spacial score (nSPS) is 20.8. The van der Waals surface area contributed by atoms with E-state index in [1.54, 1.807) is 4.90 Å². The van der Waals surface area contributed by atoms with Crippen molar-refractivity contribution >= 4 is 29.0 Å². The van der Waals surface area contributed by atoms with E-state index >= 15 is 0 Å². The number of amides is 3. The van der Waals surface area contributed by atoms with Gasteiger partial charge in [-0.2, -0.15) is 0 Å². The molecule has 1 saturated heterocycles. The van der Waals surface area contributed by atoms with Gasteiger partial charge in [-0.05, 0) is 56.5 Å². The molecule has 0 radical (unpaired) electrons. The molecule has 4 rings (SSSR count). The summed E-state index contributed by atoms with van der Waals surface area (Å²) in [6.07, 6.45) is 3.01. The summed E-state index contributed by atoms with van der Waals surface area (Å²) in [5.74, 6) is -0.218. The van der Waals surface area contributed by atoms with Crippen LogP contribution in [0.3, 0.4) is 0 Å². The third-order valence-corrected chi connectivity index (χ3v) is 5.87. The van der Waals surface area contributed by atoms with Crippen molar-refractivity contribution in [1.82, 2.24) is 10.6 Å². The molecule has 2 aromatic rings. The molecule has 0 unspecified atom stereocenters. The predicted octanol–water partition coefficient (Wildman–Crippen LogP) is 3.83. The standard InChI is InChI=1S/C25H31N5O2/c1-3-15-30-21-13-5-4-11-19(21)22(20-12-6-7-14-26-20)28-23(24(30)31)29-25(32)27-18-10-8-9-17(2)16-18/h4-5,8-11,13,16,20,23,26H,3,6-7,12,14-15H2,1-2H3,(H2,27,29,32)/t20-,23+/m1/s1. The summed E-state index contributed by atoms with van der Waals surface area (Å²) < 4.78 is 0. The van der Waals surface area contributed by atoms with Gasteiger partial charge in [0.1, 0.15) is 0 Å². The van der Waals surface area contributed by atoms with Gasteiger partial charge >= 0.3 is 6.03 Å². The fourth-order valence-electron chi connectivity index (χ4n) is 4.38. The van der Waals surface area contributed by atoms with Crippen LogP contribution < -0.4 is 20.9 Å². The molecule has 2 heterocycles. The van der Waals surface area contributed by atoms with Gasteiger partial charge < -0.3 is 20.9 Å². The van der Waals surface area contributed by atoms with E-state index in [1.165, 1.54) is 0 Å². The molecule has 2 aliphatic heterocycles. The molecule has 7 heteroatoms. The molecule has 3 N–H and O–H groups in total. The Balaban J connectivity index is 1.67. The number of anilines is 2. The first-order valence-corrected chi connectivity index (χ1v) is 11.4. The Kier molecular flexibility index (Phi) is 6.85. The van der Waals surface area contributed by atoms with Gasteiger partial charge in [-0.1, -0.05) is 43.7 Å². The Morgan fingerprint density at radius 3 is 2.78 bits per heavy atom. The van der Waals surface area contributed by atoms with Crippen LogP contribution in [0.4, 0.5) is 16.2 Å². The van der Waals surface area contributed by atoms with Crippen molar-refractivity contribution < 1.29 is 9.59 Å². The maximum absolute atomic E-state index is 13.5. The number of para-hydroxylation sites is 1. The van der Waals surface area contributed by atoms with Crippen LogP contribution in [-0.2, 0) is 4.79 Å². The molecule has 0 saturated carbocycles. The number of fused-ring (bicyclic) bond motifs is 1. The Morgan fingerprint density at radius 1 is 1.19 bits per heavy atom. The van der Waals surface area contributed by atoms with Crippen molar-refractivity contribution in [3.8, 4) is 0 Å². The Bertz CT molecular complexity index is 1010. The summed E-state index contributed by atoms with van der Waals surface area (Å²) in [5, 5.41) is 9.19. The van der Waals surface area contributed by atoms with Gasteiger partial charge in [0.25, 0.3) is 5.91 Å². The monoisotopic (exact) mass is 433 g/mol. The van der Waals surface area contributed by atoms with Crippen LogP contribution in [-0.4, -0.2) is 42.9 Å². The molecule has 32 heavy (non-hydrogen) atoms. The second-order valence-corrected chi connectivity index (χ2v) is 8.39. The van der Waals surface area contributed by atoms with Crippen LogP contribution in [0.5, 0.6) is 0 Å². The lowest BCUT2D eigenvalue weighted by Gasteiger charge is -2.27. The Morgan fingerprint density at radius 2 is 2.03 bits per heavy atom. The number of benzene rings is 2. The van der Waals surface area contributed by atoms with E-state index in [9.17, 15) is 9.59 Å². The minimum Gasteiger partial charge on any atom is -0.309 e. The van der Waals surface area contributed by atoms with Crippen molar-refractivity contribution in [2.24, 2.45) is 4.99 Å². The summed E-state index contributed by atoms with van der Waals surface area (Å²) >= 11 is 0. The third kappa shape index (κ3) is 4.83. The molecule has 7 nitrogen and oxygen atoms in total. The van der Waals surface area contributed by atoms with E-state index in [1.807, 2.05) is 62.4 Å².